The fraction of sp³-hybridized carbons (Fsp3) is 0.600. The Kier molecular flexibility index (Phi) is 5.81. The van der Waals surface area contributed by atoms with E-state index in [1.165, 1.54) is 6.20 Å². The maximum atomic E-state index is 11.6. The predicted octanol–water partition coefficient (Wildman–Crippen LogP) is 1.62. The molecule has 1 aromatic rings. The Morgan fingerprint density at radius 3 is 2.57 bits per heavy atom. The van der Waals surface area contributed by atoms with Gasteiger partial charge in [-0.15, -0.1) is 0 Å². The molecule has 1 amide bonds. The van der Waals surface area contributed by atoms with Crippen LogP contribution in [0, 0.1) is 0 Å². The SMILES string of the molecule is CCC(=O)N1CCC(Oc2ccc(NS(=O)(=O)CC)cn2)CC1. The van der Waals surface area contributed by atoms with Crippen LogP contribution in [0.25, 0.3) is 0 Å². The molecule has 128 valence electrons. The summed E-state index contributed by atoms with van der Waals surface area (Å²) >= 11 is 0. The minimum absolute atomic E-state index is 0.0142. The Balaban J connectivity index is 1.86. The molecule has 0 spiro atoms. The Morgan fingerprint density at radius 2 is 2.04 bits per heavy atom. The number of ether oxygens (including phenoxy) is 1. The molecule has 0 radical (unpaired) electrons. The summed E-state index contributed by atoms with van der Waals surface area (Å²) in [5.41, 5.74) is 0.419. The number of carbonyl (C=O) groups excluding carboxylic acids is 1. The quantitative estimate of drug-likeness (QED) is 0.849. The van der Waals surface area contributed by atoms with Crippen LogP contribution >= 0.6 is 0 Å². The van der Waals surface area contributed by atoms with Gasteiger partial charge in [-0.1, -0.05) is 6.92 Å². The molecule has 0 atom stereocenters. The number of hydrogen-bond acceptors (Lipinski definition) is 5. The Morgan fingerprint density at radius 1 is 1.35 bits per heavy atom. The van der Waals surface area contributed by atoms with Crippen LogP contribution in [0.2, 0.25) is 0 Å². The minimum Gasteiger partial charge on any atom is -0.474 e. The molecule has 0 unspecified atom stereocenters. The van der Waals surface area contributed by atoms with Crippen molar-refractivity contribution in [2.45, 2.75) is 39.2 Å². The van der Waals surface area contributed by atoms with Crippen LogP contribution < -0.4 is 9.46 Å². The maximum Gasteiger partial charge on any atom is 0.232 e. The summed E-state index contributed by atoms with van der Waals surface area (Å²) < 4.78 is 31.2. The summed E-state index contributed by atoms with van der Waals surface area (Å²) in [4.78, 5) is 17.6. The highest BCUT2D eigenvalue weighted by Gasteiger charge is 2.23. The molecular formula is C15H23N3O4S. The summed E-state index contributed by atoms with van der Waals surface area (Å²) in [5, 5.41) is 0. The molecule has 8 heteroatoms. The van der Waals surface area contributed by atoms with Gasteiger partial charge in [-0.3, -0.25) is 9.52 Å². The molecule has 1 N–H and O–H groups in total. The Hall–Kier alpha value is -1.83. The van der Waals surface area contributed by atoms with E-state index in [9.17, 15) is 13.2 Å². The molecule has 23 heavy (non-hydrogen) atoms. The van der Waals surface area contributed by atoms with E-state index in [1.807, 2.05) is 11.8 Å². The van der Waals surface area contributed by atoms with Crippen LogP contribution in [0.4, 0.5) is 5.69 Å². The molecule has 0 aromatic carbocycles. The summed E-state index contributed by atoms with van der Waals surface area (Å²) in [6, 6.07) is 3.28. The largest absolute Gasteiger partial charge is 0.474 e. The molecule has 1 aliphatic heterocycles. The van der Waals surface area contributed by atoms with Crippen LogP contribution in [0.1, 0.15) is 33.1 Å². The number of anilines is 1. The first-order valence-corrected chi connectivity index (χ1v) is 9.49. The fourth-order valence-corrected chi connectivity index (χ4v) is 3.00. The van der Waals surface area contributed by atoms with Crippen LogP contribution in [0.5, 0.6) is 5.88 Å². The van der Waals surface area contributed by atoms with Crippen molar-refractivity contribution < 1.29 is 17.9 Å². The van der Waals surface area contributed by atoms with Crippen molar-refractivity contribution in [2.75, 3.05) is 23.6 Å². The molecule has 1 fully saturated rings. The monoisotopic (exact) mass is 341 g/mol. The minimum atomic E-state index is -3.30. The Labute approximate surface area is 137 Å². The average molecular weight is 341 g/mol. The molecule has 1 aromatic heterocycles. The standard InChI is InChI=1S/C15H23N3O4S/c1-3-15(19)18-9-7-13(8-10-18)22-14-6-5-12(11-16-14)17-23(20,21)4-2/h5-6,11,13,17H,3-4,7-10H2,1-2H3. The second kappa shape index (κ2) is 7.63. The van der Waals surface area contributed by atoms with Gasteiger partial charge in [0.05, 0.1) is 17.6 Å². The van der Waals surface area contributed by atoms with E-state index in [1.54, 1.807) is 19.1 Å². The third kappa shape index (κ3) is 5.09. The van der Waals surface area contributed by atoms with Crippen molar-refractivity contribution in [3.8, 4) is 5.88 Å². The predicted molar refractivity (Wildman–Crippen MR) is 87.8 cm³/mol. The molecule has 0 bridgehead atoms. The number of hydrogen-bond donors (Lipinski definition) is 1. The average Bonchev–Trinajstić information content (AvgIpc) is 2.56. The number of aromatic nitrogens is 1. The number of pyridine rings is 1. The lowest BCUT2D eigenvalue weighted by Gasteiger charge is -2.31. The molecule has 2 rings (SSSR count). The number of rotatable bonds is 6. The van der Waals surface area contributed by atoms with Crippen molar-refractivity contribution >= 4 is 21.6 Å². The van der Waals surface area contributed by atoms with E-state index in [0.29, 0.717) is 31.1 Å². The van der Waals surface area contributed by atoms with E-state index in [2.05, 4.69) is 9.71 Å². The van der Waals surface area contributed by atoms with Gasteiger partial charge in [0, 0.05) is 38.4 Å². The molecule has 7 nitrogen and oxygen atoms in total. The highest BCUT2D eigenvalue weighted by molar-refractivity contribution is 7.92. The van der Waals surface area contributed by atoms with Gasteiger partial charge in [0.25, 0.3) is 0 Å². The lowest BCUT2D eigenvalue weighted by atomic mass is 10.1. The number of sulfonamides is 1. The first kappa shape index (κ1) is 17.5. The first-order chi connectivity index (χ1) is 10.9. The number of amides is 1. The zero-order valence-electron chi connectivity index (χ0n) is 13.5. The van der Waals surface area contributed by atoms with Gasteiger partial charge >= 0.3 is 0 Å². The van der Waals surface area contributed by atoms with Gasteiger partial charge in [-0.25, -0.2) is 13.4 Å². The lowest BCUT2D eigenvalue weighted by molar-refractivity contribution is -0.132. The van der Waals surface area contributed by atoms with Gasteiger partial charge in [-0.2, -0.15) is 0 Å². The molecule has 0 saturated carbocycles. The van der Waals surface area contributed by atoms with E-state index >= 15 is 0 Å². The number of nitrogens with one attached hydrogen (secondary N) is 1. The number of carbonyl (C=O) groups is 1. The number of nitrogens with zero attached hydrogens (tertiary/aromatic N) is 2. The summed E-state index contributed by atoms with van der Waals surface area (Å²) in [5.74, 6) is 0.652. The molecule has 1 saturated heterocycles. The van der Waals surface area contributed by atoms with Crippen LogP contribution in [0.15, 0.2) is 18.3 Å². The second-order valence-electron chi connectivity index (χ2n) is 5.44. The molecule has 2 heterocycles. The van der Waals surface area contributed by atoms with Crippen molar-refractivity contribution in [1.82, 2.24) is 9.88 Å². The summed E-state index contributed by atoms with van der Waals surface area (Å²) in [7, 11) is -3.30. The zero-order valence-corrected chi connectivity index (χ0v) is 14.3. The van der Waals surface area contributed by atoms with Crippen LogP contribution in [-0.4, -0.2) is 49.2 Å². The van der Waals surface area contributed by atoms with Crippen molar-refractivity contribution in [3.63, 3.8) is 0 Å². The van der Waals surface area contributed by atoms with Crippen LogP contribution in [0.3, 0.4) is 0 Å². The van der Waals surface area contributed by atoms with E-state index in [4.69, 9.17) is 4.74 Å². The van der Waals surface area contributed by atoms with Crippen molar-refractivity contribution in [1.29, 1.82) is 0 Å². The fourth-order valence-electron chi connectivity index (χ4n) is 2.38. The summed E-state index contributed by atoms with van der Waals surface area (Å²) in [6.45, 7) is 4.84. The maximum absolute atomic E-state index is 11.6. The smallest absolute Gasteiger partial charge is 0.232 e. The molecule has 0 aliphatic carbocycles. The normalized spacial score (nSPS) is 16.2. The van der Waals surface area contributed by atoms with Gasteiger partial charge in [-0.05, 0) is 13.0 Å². The summed E-state index contributed by atoms with van der Waals surface area (Å²) in [6.07, 6.45) is 3.55. The number of likely N-dealkylation sites (tertiary alicyclic amines) is 1. The van der Waals surface area contributed by atoms with Gasteiger partial charge in [0.15, 0.2) is 0 Å². The lowest BCUT2D eigenvalue weighted by Crippen LogP contribution is -2.41. The highest BCUT2D eigenvalue weighted by Crippen LogP contribution is 2.19. The van der Waals surface area contributed by atoms with Crippen LogP contribution in [-0.2, 0) is 14.8 Å². The van der Waals surface area contributed by atoms with Crippen molar-refractivity contribution in [3.05, 3.63) is 18.3 Å². The van der Waals surface area contributed by atoms with E-state index in [-0.39, 0.29) is 17.8 Å². The zero-order chi connectivity index (χ0) is 16.9. The molecular weight excluding hydrogens is 318 g/mol. The second-order valence-corrected chi connectivity index (χ2v) is 7.45. The van der Waals surface area contributed by atoms with Gasteiger partial charge in [0.1, 0.15) is 6.10 Å². The van der Waals surface area contributed by atoms with Crippen molar-refractivity contribution in [2.24, 2.45) is 0 Å². The third-order valence-corrected chi connectivity index (χ3v) is 5.08. The Bertz CT molecular complexity index is 623. The van der Waals surface area contributed by atoms with Gasteiger partial charge in [0.2, 0.25) is 21.8 Å². The number of piperidine rings is 1. The highest BCUT2D eigenvalue weighted by atomic mass is 32.2. The van der Waals surface area contributed by atoms with E-state index in [0.717, 1.165) is 12.8 Å². The van der Waals surface area contributed by atoms with Gasteiger partial charge < -0.3 is 9.64 Å². The third-order valence-electron chi connectivity index (χ3n) is 3.77. The molecule has 1 aliphatic rings. The topological polar surface area (TPSA) is 88.6 Å². The first-order valence-electron chi connectivity index (χ1n) is 7.84. The van der Waals surface area contributed by atoms with E-state index < -0.39 is 10.0 Å².